The molecule has 17 nitrogen and oxygen atoms in total. The molecule has 0 radical (unpaired) electrons. The topological polar surface area (TPSA) is 265 Å². The van der Waals surface area contributed by atoms with Crippen LogP contribution in [0.4, 0.5) is 0 Å². The number of aliphatic hydroxyl groups excluding tert-OH is 6. The van der Waals surface area contributed by atoms with E-state index in [-0.39, 0.29) is 30.8 Å². The molecule has 15 atom stereocenters. The van der Waals surface area contributed by atoms with Gasteiger partial charge in [-0.15, -0.1) is 0 Å². The molecule has 6 aliphatic rings. The van der Waals surface area contributed by atoms with Gasteiger partial charge in [-0.25, -0.2) is 14.4 Å². The van der Waals surface area contributed by atoms with E-state index in [9.17, 15) is 54.9 Å². The summed E-state index contributed by atoms with van der Waals surface area (Å²) in [5, 5.41) is 74.9. The fourth-order valence-electron chi connectivity index (χ4n) is 9.80. The average Bonchev–Trinajstić information content (AvgIpc) is 3.36. The summed E-state index contributed by atoms with van der Waals surface area (Å²) in [6.45, 7) is 6.55. The molecular weight excluding hydrogens is 680 g/mol. The van der Waals surface area contributed by atoms with Gasteiger partial charge in [-0.3, -0.25) is 4.79 Å². The third-order valence-corrected chi connectivity index (χ3v) is 12.4. The van der Waals surface area contributed by atoms with E-state index in [4.69, 9.17) is 28.4 Å². The van der Waals surface area contributed by atoms with Crippen molar-refractivity contribution in [2.45, 2.75) is 114 Å². The molecule has 0 aromatic rings. The minimum atomic E-state index is -2.38. The Bertz CT molecular complexity index is 1550. The van der Waals surface area contributed by atoms with Crippen molar-refractivity contribution in [1.82, 2.24) is 0 Å². The van der Waals surface area contributed by atoms with Crippen LogP contribution in [-0.2, 0) is 47.6 Å². The number of methoxy groups -OCH3 is 1. The summed E-state index contributed by atoms with van der Waals surface area (Å²) >= 11 is 0. The van der Waals surface area contributed by atoms with Crippen molar-refractivity contribution in [2.24, 2.45) is 28.6 Å². The van der Waals surface area contributed by atoms with E-state index < -0.39 is 125 Å². The van der Waals surface area contributed by atoms with Crippen LogP contribution < -0.4 is 0 Å². The molecule has 1 spiro atoms. The Kier molecular flexibility index (Phi) is 9.29. The number of ether oxygens (including phenoxy) is 6. The SMILES string of the molecule is COC(=O)C12OCC34C(CC5C(C)=C(OC6OC(CO)C(O)C(O)C6O)C(=O)CC5(C)C3C(O)C1O)OC(=O)C(OC(=O)C=C(C)C(C)(C)O)C24. The summed E-state index contributed by atoms with van der Waals surface area (Å²) in [7, 11) is 1.04. The van der Waals surface area contributed by atoms with E-state index in [2.05, 4.69) is 0 Å². The quantitative estimate of drug-likeness (QED) is 0.0814. The predicted molar refractivity (Wildman–Crippen MR) is 165 cm³/mol. The van der Waals surface area contributed by atoms with E-state index >= 15 is 0 Å². The molecule has 5 fully saturated rings. The maximum atomic E-state index is 14.0. The summed E-state index contributed by atoms with van der Waals surface area (Å²) in [4.78, 5) is 54.7. The van der Waals surface area contributed by atoms with Crippen molar-refractivity contribution >= 4 is 23.7 Å². The van der Waals surface area contributed by atoms with Crippen LogP contribution in [0.2, 0.25) is 0 Å². The molecule has 3 heterocycles. The number of allylic oxidation sites excluding steroid dienone is 2. The lowest BCUT2D eigenvalue weighted by atomic mass is 9.38. The zero-order valence-corrected chi connectivity index (χ0v) is 29.0. The Morgan fingerprint density at radius 3 is 2.31 bits per heavy atom. The first-order chi connectivity index (χ1) is 23.7. The average molecular weight is 727 g/mol. The molecule has 0 aromatic carbocycles. The molecule has 3 saturated heterocycles. The second-order valence-electron chi connectivity index (χ2n) is 15.5. The van der Waals surface area contributed by atoms with E-state index in [0.717, 1.165) is 13.2 Å². The van der Waals surface area contributed by atoms with Gasteiger partial charge in [0.1, 0.15) is 36.6 Å². The Balaban J connectivity index is 1.43. The number of hydrogen-bond donors (Lipinski definition) is 7. The van der Waals surface area contributed by atoms with Crippen LogP contribution in [-0.4, -0.2) is 146 Å². The largest absolute Gasteiger partial charge is 0.467 e. The molecule has 0 aromatic heterocycles. The van der Waals surface area contributed by atoms with Crippen LogP contribution in [0.3, 0.4) is 0 Å². The Labute approximate surface area is 292 Å². The standard InChI is InChI=1S/C34H46O17/c1-12(31(3,4)45)7-18(37)50-24-26-33-11-47-34(26,30(44)46-6)27(42)22(41)25(33)32(5)9-15(36)23(13(2)14(32)8-17(33)49-28(24)43)51-29-21(40)20(39)19(38)16(10-35)48-29/h7,14,16-17,19-22,24-27,29,35,38-42,45H,8-11H2,1-6H3. The number of fused-ring (bicyclic) bond motifs is 2. The van der Waals surface area contributed by atoms with Crippen LogP contribution in [0.25, 0.3) is 0 Å². The van der Waals surface area contributed by atoms with E-state index in [1.807, 2.05) is 0 Å². The summed E-state index contributed by atoms with van der Waals surface area (Å²) in [5.41, 5.74) is -6.03. The summed E-state index contributed by atoms with van der Waals surface area (Å²) in [6.07, 6.45) is -14.3. The number of esters is 3. The van der Waals surface area contributed by atoms with Crippen LogP contribution >= 0.6 is 0 Å². The van der Waals surface area contributed by atoms with Gasteiger partial charge in [0.25, 0.3) is 0 Å². The molecule has 0 amide bonds. The van der Waals surface area contributed by atoms with Gasteiger partial charge in [0.2, 0.25) is 18.0 Å². The monoisotopic (exact) mass is 726 g/mol. The van der Waals surface area contributed by atoms with Crippen LogP contribution in [0.1, 0.15) is 47.5 Å². The van der Waals surface area contributed by atoms with Gasteiger partial charge in [0, 0.05) is 23.8 Å². The molecular formula is C34H46O17. The van der Waals surface area contributed by atoms with E-state index in [1.54, 1.807) is 13.8 Å². The molecule has 2 saturated carbocycles. The predicted octanol–water partition coefficient (Wildman–Crippen LogP) is -2.47. The second kappa shape index (κ2) is 12.6. The van der Waals surface area contributed by atoms with Crippen LogP contribution in [0.15, 0.2) is 23.0 Å². The number of carbonyl (C=O) groups excluding carboxylic acids is 4. The third-order valence-electron chi connectivity index (χ3n) is 12.4. The minimum absolute atomic E-state index is 0.00228. The number of aliphatic hydroxyl groups is 7. The van der Waals surface area contributed by atoms with Gasteiger partial charge in [0.15, 0.2) is 11.5 Å². The molecule has 3 aliphatic carbocycles. The summed E-state index contributed by atoms with van der Waals surface area (Å²) in [5.74, 6) is -7.35. The van der Waals surface area contributed by atoms with Crippen molar-refractivity contribution in [2.75, 3.05) is 20.3 Å². The first-order valence-corrected chi connectivity index (χ1v) is 16.8. The van der Waals surface area contributed by atoms with Crippen molar-refractivity contribution in [3.8, 4) is 0 Å². The van der Waals surface area contributed by atoms with Gasteiger partial charge >= 0.3 is 17.9 Å². The second-order valence-corrected chi connectivity index (χ2v) is 15.5. The molecule has 6 rings (SSSR count). The Morgan fingerprint density at radius 1 is 1.04 bits per heavy atom. The molecule has 7 N–H and O–H groups in total. The van der Waals surface area contributed by atoms with Gasteiger partial charge in [0.05, 0.1) is 37.9 Å². The van der Waals surface area contributed by atoms with Gasteiger partial charge < -0.3 is 64.2 Å². The molecule has 3 aliphatic heterocycles. The number of rotatable bonds is 7. The molecule has 15 unspecified atom stereocenters. The molecule has 2 bridgehead atoms. The third kappa shape index (κ3) is 5.22. The van der Waals surface area contributed by atoms with Gasteiger partial charge in [-0.2, -0.15) is 0 Å². The van der Waals surface area contributed by atoms with Gasteiger partial charge in [-0.05, 0) is 56.6 Å². The highest BCUT2D eigenvalue weighted by molar-refractivity contribution is 5.96. The zero-order chi connectivity index (χ0) is 37.7. The van der Waals surface area contributed by atoms with Crippen LogP contribution in [0, 0.1) is 28.6 Å². The van der Waals surface area contributed by atoms with E-state index in [0.29, 0.717) is 5.57 Å². The van der Waals surface area contributed by atoms with Crippen molar-refractivity contribution < 1.29 is 83.3 Å². The lowest BCUT2D eigenvalue weighted by molar-refractivity contribution is -0.296. The van der Waals surface area contributed by atoms with Crippen molar-refractivity contribution in [3.63, 3.8) is 0 Å². The molecule has 51 heavy (non-hydrogen) atoms. The smallest absolute Gasteiger partial charge is 0.348 e. The summed E-state index contributed by atoms with van der Waals surface area (Å²) < 4.78 is 34.2. The highest BCUT2D eigenvalue weighted by atomic mass is 16.7. The number of ketones is 1. The zero-order valence-electron chi connectivity index (χ0n) is 29.0. The lowest BCUT2D eigenvalue weighted by Gasteiger charge is -2.67. The van der Waals surface area contributed by atoms with E-state index in [1.165, 1.54) is 20.8 Å². The molecule has 17 heteroatoms. The van der Waals surface area contributed by atoms with Crippen molar-refractivity contribution in [3.05, 3.63) is 23.0 Å². The summed E-state index contributed by atoms with van der Waals surface area (Å²) in [6, 6.07) is 0. The first-order valence-electron chi connectivity index (χ1n) is 16.8. The Morgan fingerprint density at radius 2 is 1.71 bits per heavy atom. The highest BCUT2D eigenvalue weighted by Crippen LogP contribution is 2.73. The number of carbonyl (C=O) groups is 4. The normalized spacial score (nSPS) is 46.5. The fraction of sp³-hybridized carbons (Fsp3) is 0.765. The highest BCUT2D eigenvalue weighted by Gasteiger charge is 2.85. The number of hydrogen-bond acceptors (Lipinski definition) is 17. The van der Waals surface area contributed by atoms with Gasteiger partial charge in [-0.1, -0.05) is 6.92 Å². The fourth-order valence-corrected chi connectivity index (χ4v) is 9.80. The number of Topliss-reactive ketones (excluding diaryl/α,β-unsaturated/α-hetero) is 1. The maximum absolute atomic E-state index is 14.0. The first kappa shape index (κ1) is 37.7. The molecule has 284 valence electrons. The Hall–Kier alpha value is -3.00. The van der Waals surface area contributed by atoms with Crippen LogP contribution in [0.5, 0.6) is 0 Å². The maximum Gasteiger partial charge on any atom is 0.348 e. The van der Waals surface area contributed by atoms with Crippen molar-refractivity contribution in [1.29, 1.82) is 0 Å². The lowest BCUT2D eigenvalue weighted by Crippen LogP contribution is -2.79. The minimum Gasteiger partial charge on any atom is -0.467 e.